The lowest BCUT2D eigenvalue weighted by molar-refractivity contribution is -0.256. The standard InChI is InChI=1S/C22H40O6Si/c1-19(2,3)29(7,8)28-17-15(25)13(23)14(24)16-18(17)27-22(26-16)11-12-9-10-21(22,6)20(12,4)5/h12-18,23-25H,9-11H2,1-8H3/t12-,13+,14+,15-,16+,17+,18+,21-,22+/m1/s1. The van der Waals surface area contributed by atoms with Gasteiger partial charge in [0.2, 0.25) is 0 Å². The van der Waals surface area contributed by atoms with Crippen molar-refractivity contribution < 1.29 is 29.2 Å². The van der Waals surface area contributed by atoms with Crippen LogP contribution in [0.3, 0.4) is 0 Å². The fourth-order valence-corrected chi connectivity index (χ4v) is 7.41. The van der Waals surface area contributed by atoms with Gasteiger partial charge < -0.3 is 29.2 Å². The highest BCUT2D eigenvalue weighted by molar-refractivity contribution is 6.74. The van der Waals surface area contributed by atoms with Gasteiger partial charge in [-0.25, -0.2) is 0 Å². The van der Waals surface area contributed by atoms with Crippen LogP contribution >= 0.6 is 0 Å². The molecule has 0 radical (unpaired) electrons. The van der Waals surface area contributed by atoms with Gasteiger partial charge in [-0.05, 0) is 42.3 Å². The Morgan fingerprint density at radius 2 is 1.52 bits per heavy atom. The van der Waals surface area contributed by atoms with Gasteiger partial charge in [-0.2, -0.15) is 0 Å². The minimum absolute atomic E-state index is 0.0548. The predicted molar refractivity (Wildman–Crippen MR) is 112 cm³/mol. The van der Waals surface area contributed by atoms with Crippen molar-refractivity contribution in [2.24, 2.45) is 16.7 Å². The van der Waals surface area contributed by atoms with Gasteiger partial charge in [0.15, 0.2) is 14.1 Å². The molecule has 2 bridgehead atoms. The molecule has 1 heterocycles. The Hall–Kier alpha value is -0.0231. The first-order valence-electron chi connectivity index (χ1n) is 11.2. The molecule has 29 heavy (non-hydrogen) atoms. The molecule has 1 saturated heterocycles. The maximum Gasteiger partial charge on any atom is 0.192 e. The van der Waals surface area contributed by atoms with Crippen LogP contribution in [0.4, 0.5) is 0 Å². The van der Waals surface area contributed by atoms with E-state index < -0.39 is 50.7 Å². The molecule has 3 N–H and O–H groups in total. The van der Waals surface area contributed by atoms with Crippen LogP contribution in [0.5, 0.6) is 0 Å². The topological polar surface area (TPSA) is 88.4 Å². The molecule has 1 aliphatic heterocycles. The lowest BCUT2D eigenvalue weighted by atomic mass is 9.68. The van der Waals surface area contributed by atoms with Crippen LogP contribution in [0.25, 0.3) is 0 Å². The summed E-state index contributed by atoms with van der Waals surface area (Å²) in [7, 11) is -2.25. The van der Waals surface area contributed by atoms with Crippen molar-refractivity contribution in [2.75, 3.05) is 0 Å². The molecule has 0 aromatic rings. The summed E-state index contributed by atoms with van der Waals surface area (Å²) in [6, 6.07) is 0. The van der Waals surface area contributed by atoms with Crippen LogP contribution in [0.1, 0.15) is 60.8 Å². The molecule has 6 nitrogen and oxygen atoms in total. The average molecular weight is 429 g/mol. The van der Waals surface area contributed by atoms with E-state index in [9.17, 15) is 15.3 Å². The van der Waals surface area contributed by atoms with E-state index in [-0.39, 0.29) is 15.9 Å². The second kappa shape index (κ2) is 6.27. The van der Waals surface area contributed by atoms with Crippen molar-refractivity contribution in [1.29, 1.82) is 0 Å². The summed E-state index contributed by atoms with van der Waals surface area (Å²) in [4.78, 5) is 0. The Kier molecular flexibility index (Phi) is 4.80. The molecular weight excluding hydrogens is 388 g/mol. The summed E-state index contributed by atoms with van der Waals surface area (Å²) in [6.45, 7) is 17.5. The molecule has 168 valence electrons. The van der Waals surface area contributed by atoms with Crippen LogP contribution in [0.15, 0.2) is 0 Å². The first-order valence-corrected chi connectivity index (χ1v) is 14.1. The molecule has 0 aromatic heterocycles. The van der Waals surface area contributed by atoms with Crippen LogP contribution in [-0.2, 0) is 13.9 Å². The monoisotopic (exact) mass is 428 g/mol. The maximum atomic E-state index is 10.9. The first-order chi connectivity index (χ1) is 13.1. The summed E-state index contributed by atoms with van der Waals surface area (Å²) in [5.74, 6) is -0.298. The van der Waals surface area contributed by atoms with Gasteiger partial charge in [0.1, 0.15) is 36.6 Å². The first kappa shape index (κ1) is 22.2. The molecule has 3 aliphatic carbocycles. The molecule has 0 unspecified atom stereocenters. The molecule has 3 saturated carbocycles. The molecule has 0 aromatic carbocycles. The third-order valence-electron chi connectivity index (χ3n) is 9.70. The highest BCUT2D eigenvalue weighted by Gasteiger charge is 2.75. The van der Waals surface area contributed by atoms with Crippen molar-refractivity contribution in [3.8, 4) is 0 Å². The number of ether oxygens (including phenoxy) is 2. The summed E-state index contributed by atoms with van der Waals surface area (Å²) in [5.41, 5.74) is -0.113. The number of rotatable bonds is 2. The summed E-state index contributed by atoms with van der Waals surface area (Å²) in [5, 5.41) is 32.2. The van der Waals surface area contributed by atoms with E-state index in [2.05, 4.69) is 54.6 Å². The Bertz CT molecular complexity index is 675. The largest absolute Gasteiger partial charge is 0.408 e. The minimum atomic E-state index is -2.25. The van der Waals surface area contributed by atoms with Crippen molar-refractivity contribution in [3.05, 3.63) is 0 Å². The third kappa shape index (κ3) is 2.74. The number of aliphatic hydroxyl groups excluding tert-OH is 3. The Morgan fingerprint density at radius 3 is 2.00 bits per heavy atom. The zero-order chi connectivity index (χ0) is 21.8. The van der Waals surface area contributed by atoms with Crippen molar-refractivity contribution in [2.45, 2.75) is 121 Å². The van der Waals surface area contributed by atoms with Crippen molar-refractivity contribution in [1.82, 2.24) is 0 Å². The third-order valence-corrected chi connectivity index (χ3v) is 14.2. The molecule has 4 rings (SSSR count). The molecule has 4 aliphatic rings. The van der Waals surface area contributed by atoms with E-state index in [0.29, 0.717) is 5.92 Å². The molecule has 0 amide bonds. The second-order valence-electron chi connectivity index (χ2n) is 12.2. The van der Waals surface area contributed by atoms with Gasteiger partial charge in [-0.15, -0.1) is 0 Å². The zero-order valence-corrected chi connectivity index (χ0v) is 20.2. The van der Waals surface area contributed by atoms with Crippen molar-refractivity contribution >= 4 is 8.32 Å². The van der Waals surface area contributed by atoms with E-state index in [1.54, 1.807) is 0 Å². The lowest BCUT2D eigenvalue weighted by Crippen LogP contribution is -2.65. The fraction of sp³-hybridized carbons (Fsp3) is 1.00. The predicted octanol–water partition coefficient (Wildman–Crippen LogP) is 2.80. The SMILES string of the molecule is CC1(C)[C@@H]2CC[C@@]1(C)[C@]1(C2)O[C@@H]2[C@@H](O[Si](C)(C)C(C)(C)C)[C@H](O)[C@@H](O)[C@H](O)[C@@H]2O1. The summed E-state index contributed by atoms with van der Waals surface area (Å²) >= 11 is 0. The second-order valence-corrected chi connectivity index (χ2v) is 17.0. The van der Waals surface area contributed by atoms with E-state index in [4.69, 9.17) is 13.9 Å². The van der Waals surface area contributed by atoms with Crippen LogP contribution in [-0.4, -0.2) is 66.0 Å². The summed E-state index contributed by atoms with van der Waals surface area (Å²) in [6.07, 6.45) is -2.77. The van der Waals surface area contributed by atoms with Crippen molar-refractivity contribution in [3.63, 3.8) is 0 Å². The van der Waals surface area contributed by atoms with E-state index >= 15 is 0 Å². The molecule has 4 fully saturated rings. The molecule has 7 heteroatoms. The minimum Gasteiger partial charge on any atom is -0.408 e. The smallest absolute Gasteiger partial charge is 0.192 e. The number of hydrogen-bond acceptors (Lipinski definition) is 6. The Morgan fingerprint density at radius 1 is 0.931 bits per heavy atom. The van der Waals surface area contributed by atoms with Crippen LogP contribution in [0, 0.1) is 16.7 Å². The van der Waals surface area contributed by atoms with Gasteiger partial charge in [-0.1, -0.05) is 41.5 Å². The molecule has 1 spiro atoms. The van der Waals surface area contributed by atoms with Crippen LogP contribution in [0.2, 0.25) is 18.1 Å². The molecule has 9 atom stereocenters. The lowest BCUT2D eigenvalue weighted by Gasteiger charge is -2.47. The van der Waals surface area contributed by atoms with Crippen LogP contribution < -0.4 is 0 Å². The fourth-order valence-electron chi connectivity index (χ4n) is 6.10. The highest BCUT2D eigenvalue weighted by Crippen LogP contribution is 2.73. The summed E-state index contributed by atoms with van der Waals surface area (Å²) < 4.78 is 19.8. The number of fused-ring (bicyclic) bond motifs is 4. The Balaban J connectivity index is 1.69. The van der Waals surface area contributed by atoms with E-state index in [0.717, 1.165) is 19.3 Å². The highest BCUT2D eigenvalue weighted by atomic mass is 28.4. The average Bonchev–Trinajstić information content (AvgIpc) is 3.13. The van der Waals surface area contributed by atoms with Gasteiger partial charge >= 0.3 is 0 Å². The number of hydrogen-bond donors (Lipinski definition) is 3. The van der Waals surface area contributed by atoms with E-state index in [1.807, 2.05) is 0 Å². The van der Waals surface area contributed by atoms with Gasteiger partial charge in [0.25, 0.3) is 0 Å². The van der Waals surface area contributed by atoms with Gasteiger partial charge in [0.05, 0.1) is 0 Å². The normalized spacial score (nSPS) is 51.6. The van der Waals surface area contributed by atoms with E-state index in [1.165, 1.54) is 0 Å². The quantitative estimate of drug-likeness (QED) is 0.586. The number of aliphatic hydroxyl groups is 3. The van der Waals surface area contributed by atoms with Gasteiger partial charge in [-0.3, -0.25) is 0 Å². The Labute approximate surface area is 176 Å². The molecular formula is C22H40O6Si. The zero-order valence-electron chi connectivity index (χ0n) is 19.2. The van der Waals surface area contributed by atoms with Gasteiger partial charge in [0, 0.05) is 11.8 Å². The maximum absolute atomic E-state index is 10.9.